The van der Waals surface area contributed by atoms with Crippen molar-refractivity contribution in [1.82, 2.24) is 4.72 Å². The number of benzene rings is 2. The summed E-state index contributed by atoms with van der Waals surface area (Å²) in [5.41, 5.74) is 2.55. The molecule has 2 aromatic carbocycles. The van der Waals surface area contributed by atoms with Gasteiger partial charge in [0.15, 0.2) is 0 Å². The molecule has 2 N–H and O–H groups in total. The number of anilines is 1. The van der Waals surface area contributed by atoms with Crippen LogP contribution in [0.15, 0.2) is 59.1 Å². The van der Waals surface area contributed by atoms with Crippen molar-refractivity contribution in [3.05, 3.63) is 71.0 Å². The molecule has 0 radical (unpaired) electrons. The maximum atomic E-state index is 13.1. The normalized spacial score (nSPS) is 16.9. The number of carbonyl (C=O) groups excluding carboxylic acids is 1. The molecule has 0 saturated heterocycles. The fourth-order valence-electron chi connectivity index (χ4n) is 2.86. The van der Waals surface area contributed by atoms with Crippen LogP contribution in [0.5, 0.6) is 0 Å². The number of rotatable bonds is 5. The average Bonchev–Trinajstić information content (AvgIpc) is 2.90. The summed E-state index contributed by atoms with van der Waals surface area (Å²) in [6.07, 6.45) is 0.907. The second-order valence-corrected chi connectivity index (χ2v) is 7.95. The van der Waals surface area contributed by atoms with Gasteiger partial charge in [-0.05, 0) is 48.7 Å². The van der Waals surface area contributed by atoms with Gasteiger partial charge in [-0.25, -0.2) is 12.8 Å². The summed E-state index contributed by atoms with van der Waals surface area (Å²) in [7, 11) is -3.82. The average molecular weight is 401 g/mol. The molecule has 1 heterocycles. The first-order valence-corrected chi connectivity index (χ1v) is 10.2. The third kappa shape index (κ3) is 4.28. The van der Waals surface area contributed by atoms with Crippen molar-refractivity contribution in [3.8, 4) is 0 Å². The fourth-order valence-corrected chi connectivity index (χ4v) is 4.38. The van der Waals surface area contributed by atoms with Crippen molar-refractivity contribution in [2.24, 2.45) is 4.99 Å². The smallest absolute Gasteiger partial charge is 0.264 e. The molecule has 8 heteroatoms. The van der Waals surface area contributed by atoms with E-state index in [0.29, 0.717) is 16.8 Å². The highest BCUT2D eigenvalue weighted by Gasteiger charge is 2.32. The van der Waals surface area contributed by atoms with Crippen LogP contribution in [0, 0.1) is 5.82 Å². The Morgan fingerprint density at radius 2 is 1.75 bits per heavy atom. The number of aliphatic imine (C=N–C) groups is 1. The van der Waals surface area contributed by atoms with Crippen molar-refractivity contribution >= 4 is 32.4 Å². The van der Waals surface area contributed by atoms with Gasteiger partial charge in [-0.1, -0.05) is 31.2 Å². The van der Waals surface area contributed by atoms with E-state index in [2.05, 4.69) is 15.0 Å². The van der Waals surface area contributed by atoms with E-state index in [1.165, 1.54) is 24.3 Å². The number of amidine groups is 1. The van der Waals surface area contributed by atoms with Crippen LogP contribution >= 0.6 is 0 Å². The lowest BCUT2D eigenvalue weighted by atomic mass is 10.1. The first-order valence-electron chi connectivity index (χ1n) is 8.73. The lowest BCUT2D eigenvalue weighted by molar-refractivity contribution is -0.114. The summed E-state index contributed by atoms with van der Waals surface area (Å²) in [5.74, 6) is -0.710. The third-order valence-corrected chi connectivity index (χ3v) is 5.87. The lowest BCUT2D eigenvalue weighted by Gasteiger charge is -2.05. The molecule has 28 heavy (non-hydrogen) atoms. The number of nitrogens with one attached hydrogen (secondary N) is 2. The van der Waals surface area contributed by atoms with Crippen LogP contribution in [0.25, 0.3) is 4.91 Å². The highest BCUT2D eigenvalue weighted by molar-refractivity contribution is 8.00. The minimum Gasteiger partial charge on any atom is -0.324 e. The Balaban J connectivity index is 1.76. The topological polar surface area (TPSA) is 87.6 Å². The Labute approximate surface area is 163 Å². The molecule has 0 aromatic heterocycles. The zero-order valence-electron chi connectivity index (χ0n) is 15.5. The molecule has 1 amide bonds. The minimum absolute atomic E-state index is 0.0295. The number of aryl methyl sites for hydroxylation is 1. The molecule has 3 rings (SSSR count). The maximum Gasteiger partial charge on any atom is 0.264 e. The molecule has 0 saturated carbocycles. The molecule has 0 atom stereocenters. The van der Waals surface area contributed by atoms with E-state index in [4.69, 9.17) is 0 Å². The lowest BCUT2D eigenvalue weighted by Crippen LogP contribution is -2.25. The highest BCUT2D eigenvalue weighted by Crippen LogP contribution is 2.29. The predicted molar refractivity (Wildman–Crippen MR) is 108 cm³/mol. The minimum atomic E-state index is -3.82. The van der Waals surface area contributed by atoms with Crippen LogP contribution in [-0.2, 0) is 21.2 Å². The Hall–Kier alpha value is -3.00. The van der Waals surface area contributed by atoms with E-state index in [1.54, 1.807) is 19.1 Å². The van der Waals surface area contributed by atoms with Crippen LogP contribution in [0.2, 0.25) is 0 Å². The molecule has 2 aromatic rings. The van der Waals surface area contributed by atoms with Gasteiger partial charge in [-0.15, -0.1) is 0 Å². The zero-order valence-corrected chi connectivity index (χ0v) is 16.3. The van der Waals surface area contributed by atoms with Crippen molar-refractivity contribution in [2.45, 2.75) is 20.3 Å². The maximum absolute atomic E-state index is 13.1. The molecule has 146 valence electrons. The summed E-state index contributed by atoms with van der Waals surface area (Å²) in [6, 6.07) is 12.6. The van der Waals surface area contributed by atoms with E-state index < -0.39 is 15.8 Å². The molecule has 1 aliphatic heterocycles. The molecule has 1 aliphatic rings. The number of carbonyl (C=O) groups is 1. The first kappa shape index (κ1) is 19.8. The number of nitrogens with zero attached hydrogens (tertiary/aromatic N) is 1. The molecule has 6 nitrogen and oxygen atoms in total. The fraction of sp³-hybridized carbons (Fsp3) is 0.200. The second-order valence-electron chi connectivity index (χ2n) is 6.33. The number of halogens is 1. The molecule has 0 unspecified atom stereocenters. The molecule has 0 spiro atoms. The van der Waals surface area contributed by atoms with Crippen LogP contribution in [-0.4, -0.2) is 26.7 Å². The Morgan fingerprint density at radius 1 is 1.11 bits per heavy atom. The second kappa shape index (κ2) is 7.93. The number of amides is 1. The summed E-state index contributed by atoms with van der Waals surface area (Å²) in [4.78, 5) is 16.3. The van der Waals surface area contributed by atoms with Crippen molar-refractivity contribution in [1.29, 1.82) is 0 Å². The van der Waals surface area contributed by atoms with Gasteiger partial charge < -0.3 is 5.32 Å². The van der Waals surface area contributed by atoms with Crippen molar-refractivity contribution < 1.29 is 17.6 Å². The summed E-state index contributed by atoms with van der Waals surface area (Å²) in [6.45, 7) is 3.40. The number of sulfonamides is 1. The van der Waals surface area contributed by atoms with Gasteiger partial charge in [0, 0.05) is 11.3 Å². The van der Waals surface area contributed by atoms with Gasteiger partial charge in [-0.2, -0.15) is 0 Å². The van der Waals surface area contributed by atoms with E-state index in [1.807, 2.05) is 19.1 Å². The first-order chi connectivity index (χ1) is 13.3. The molecular formula is C20H20FN3O3S. The van der Waals surface area contributed by atoms with E-state index in [0.717, 1.165) is 12.0 Å². The largest absolute Gasteiger partial charge is 0.324 e. The predicted octanol–water partition coefficient (Wildman–Crippen LogP) is 3.09. The molecular weight excluding hydrogens is 381 g/mol. The van der Waals surface area contributed by atoms with E-state index >= 15 is 0 Å². The monoisotopic (exact) mass is 401 g/mol. The van der Waals surface area contributed by atoms with Crippen LogP contribution < -0.4 is 10.0 Å². The quantitative estimate of drug-likeness (QED) is 0.807. The number of hydrogen-bond donors (Lipinski definition) is 2. The van der Waals surface area contributed by atoms with Crippen molar-refractivity contribution in [2.75, 3.05) is 11.9 Å². The molecule has 0 aliphatic carbocycles. The summed E-state index contributed by atoms with van der Waals surface area (Å²) >= 11 is 0. The highest BCUT2D eigenvalue weighted by atomic mass is 32.2. The Morgan fingerprint density at radius 3 is 2.36 bits per heavy atom. The van der Waals surface area contributed by atoms with Gasteiger partial charge in [0.25, 0.3) is 10.0 Å². The van der Waals surface area contributed by atoms with Crippen LogP contribution in [0.3, 0.4) is 0 Å². The van der Waals surface area contributed by atoms with Crippen molar-refractivity contribution in [3.63, 3.8) is 0 Å². The van der Waals surface area contributed by atoms with Gasteiger partial charge in [0.2, 0.25) is 5.91 Å². The number of hydrogen-bond acceptors (Lipinski definition) is 4. The third-order valence-electron chi connectivity index (χ3n) is 4.33. The van der Waals surface area contributed by atoms with E-state index in [9.17, 15) is 17.6 Å². The molecule has 0 fully saturated rings. The van der Waals surface area contributed by atoms with Crippen LogP contribution in [0.4, 0.5) is 10.1 Å². The summed E-state index contributed by atoms with van der Waals surface area (Å²) in [5, 5.41) is 2.72. The zero-order chi connectivity index (χ0) is 20.3. The Kier molecular flexibility index (Phi) is 5.60. The standard InChI is InChI=1S/C20H20FN3O3S/c1-3-14-4-10-17(11-5-14)23-18(25)12-22-20-13(2)19(28(26,27)24-20)15-6-8-16(21)9-7-15/h4-11H,3,12H2,1-2H3,(H,22,24)(H,23,25). The van der Waals surface area contributed by atoms with Gasteiger partial charge in [-0.3, -0.25) is 14.5 Å². The SMILES string of the molecule is CCc1ccc(NC(=O)CN=C2NS(=O)(=O)C(c3ccc(F)cc3)=C2C)cc1. The van der Waals surface area contributed by atoms with Gasteiger partial charge >= 0.3 is 0 Å². The van der Waals surface area contributed by atoms with E-state index in [-0.39, 0.29) is 23.2 Å². The summed E-state index contributed by atoms with van der Waals surface area (Å²) < 4.78 is 40.3. The Bertz CT molecular complexity index is 1060. The van der Waals surface area contributed by atoms with Gasteiger partial charge in [0.05, 0.1) is 0 Å². The molecule has 0 bridgehead atoms. The van der Waals surface area contributed by atoms with Crippen LogP contribution in [0.1, 0.15) is 25.0 Å². The van der Waals surface area contributed by atoms with Gasteiger partial charge in [0.1, 0.15) is 23.1 Å².